The van der Waals surface area contributed by atoms with Crippen LogP contribution in [0, 0.1) is 5.92 Å². The van der Waals surface area contributed by atoms with Crippen LogP contribution in [0.1, 0.15) is 12.8 Å². The minimum atomic E-state index is -3.44. The molecule has 0 saturated carbocycles. The van der Waals surface area contributed by atoms with Gasteiger partial charge in [-0.3, -0.25) is 0 Å². The highest BCUT2D eigenvalue weighted by molar-refractivity contribution is 7.89. The number of nitrogens with zero attached hydrogens (tertiary/aromatic N) is 2. The van der Waals surface area contributed by atoms with E-state index in [-0.39, 0.29) is 5.60 Å². The van der Waals surface area contributed by atoms with Crippen molar-refractivity contribution in [3.8, 4) is 5.88 Å². The third kappa shape index (κ3) is 3.22. The van der Waals surface area contributed by atoms with Crippen molar-refractivity contribution >= 4 is 10.0 Å². The highest BCUT2D eigenvalue weighted by Gasteiger charge is 2.56. The van der Waals surface area contributed by atoms with Crippen LogP contribution in [0.15, 0.2) is 59.6 Å². The summed E-state index contributed by atoms with van der Waals surface area (Å²) in [7, 11) is -3.44. The number of hydrogen-bond donors (Lipinski definition) is 0. The molecule has 2 saturated heterocycles. The van der Waals surface area contributed by atoms with E-state index in [1.165, 1.54) is 4.31 Å². The lowest BCUT2D eigenvalue weighted by Gasteiger charge is -2.49. The second kappa shape index (κ2) is 6.98. The van der Waals surface area contributed by atoms with Gasteiger partial charge in [0.05, 0.1) is 17.1 Å². The number of aromatic nitrogens is 1. The first-order valence-corrected chi connectivity index (χ1v) is 10.3. The number of ether oxygens (including phenoxy) is 2. The van der Waals surface area contributed by atoms with Gasteiger partial charge >= 0.3 is 0 Å². The van der Waals surface area contributed by atoms with Crippen molar-refractivity contribution in [2.75, 3.05) is 26.3 Å². The summed E-state index contributed by atoms with van der Waals surface area (Å²) >= 11 is 0. The average Bonchev–Trinajstić information content (AvgIpc) is 3.06. The molecule has 0 bridgehead atoms. The molecule has 0 amide bonds. The summed E-state index contributed by atoms with van der Waals surface area (Å²) in [6, 6.07) is 14.1. The Hall–Kier alpha value is -1.96. The van der Waals surface area contributed by atoms with Crippen molar-refractivity contribution in [3.05, 3.63) is 54.7 Å². The maximum Gasteiger partial charge on any atom is 0.243 e. The van der Waals surface area contributed by atoms with Gasteiger partial charge in [0, 0.05) is 32.0 Å². The summed E-state index contributed by atoms with van der Waals surface area (Å²) < 4.78 is 38.6. The first kappa shape index (κ1) is 17.5. The van der Waals surface area contributed by atoms with Crippen molar-refractivity contribution < 1.29 is 17.9 Å². The lowest BCUT2D eigenvalue weighted by Crippen LogP contribution is -2.66. The third-order valence-electron chi connectivity index (χ3n) is 5.22. The standard InChI is InChI=1S/C19H22N2O4S/c22-26(23,17-6-2-1-3-7-17)21-14-19(15-21)16(10-13-25-19)9-12-24-18-8-4-5-11-20-18/h1-8,11,16H,9-10,12-15H2. The fourth-order valence-electron chi connectivity index (χ4n) is 3.74. The number of rotatable bonds is 6. The summed E-state index contributed by atoms with van der Waals surface area (Å²) in [5.41, 5.74) is -0.366. The maximum atomic E-state index is 12.7. The molecule has 1 aromatic carbocycles. The number of hydrogen-bond acceptors (Lipinski definition) is 5. The summed E-state index contributed by atoms with van der Waals surface area (Å²) in [5, 5.41) is 0. The van der Waals surface area contributed by atoms with Gasteiger partial charge in [-0.15, -0.1) is 0 Å². The Morgan fingerprint density at radius 1 is 1.15 bits per heavy atom. The summed E-state index contributed by atoms with van der Waals surface area (Å²) in [6.45, 7) is 2.06. The Bertz CT molecular complexity index is 836. The van der Waals surface area contributed by atoms with Crippen molar-refractivity contribution in [1.82, 2.24) is 9.29 Å². The van der Waals surface area contributed by atoms with Gasteiger partial charge in [0.15, 0.2) is 0 Å². The summed E-state index contributed by atoms with van der Waals surface area (Å²) in [4.78, 5) is 4.49. The zero-order valence-electron chi connectivity index (χ0n) is 14.5. The molecule has 4 rings (SSSR count). The largest absolute Gasteiger partial charge is 0.478 e. The van der Waals surface area contributed by atoms with Gasteiger partial charge in [-0.1, -0.05) is 24.3 Å². The van der Waals surface area contributed by atoms with Gasteiger partial charge in [-0.2, -0.15) is 4.31 Å². The Kier molecular flexibility index (Phi) is 4.69. The predicted molar refractivity (Wildman–Crippen MR) is 96.3 cm³/mol. The topological polar surface area (TPSA) is 68.7 Å². The van der Waals surface area contributed by atoms with Crippen LogP contribution in [-0.2, 0) is 14.8 Å². The van der Waals surface area contributed by atoms with E-state index in [0.29, 0.717) is 43.0 Å². The van der Waals surface area contributed by atoms with Gasteiger partial charge in [-0.05, 0) is 37.0 Å². The second-order valence-electron chi connectivity index (χ2n) is 6.79. The van der Waals surface area contributed by atoms with Gasteiger partial charge in [0.2, 0.25) is 15.9 Å². The molecule has 2 aliphatic heterocycles. The van der Waals surface area contributed by atoms with Crippen molar-refractivity contribution in [3.63, 3.8) is 0 Å². The van der Waals surface area contributed by atoms with Crippen molar-refractivity contribution in [2.24, 2.45) is 5.92 Å². The molecule has 0 radical (unpaired) electrons. The SMILES string of the molecule is O=S(=O)(c1ccccc1)N1CC2(C1)OCCC2CCOc1ccccn1. The molecular weight excluding hydrogens is 352 g/mol. The van der Waals surface area contributed by atoms with Crippen LogP contribution in [0.2, 0.25) is 0 Å². The quantitative estimate of drug-likeness (QED) is 0.776. The minimum Gasteiger partial charge on any atom is -0.478 e. The van der Waals surface area contributed by atoms with Gasteiger partial charge < -0.3 is 9.47 Å². The van der Waals surface area contributed by atoms with Crippen molar-refractivity contribution in [1.29, 1.82) is 0 Å². The van der Waals surface area contributed by atoms with E-state index in [2.05, 4.69) is 4.98 Å². The predicted octanol–water partition coefficient (Wildman–Crippen LogP) is 2.33. The average molecular weight is 374 g/mol. The lowest BCUT2D eigenvalue weighted by atomic mass is 9.80. The molecule has 138 valence electrons. The normalized spacial score (nSPS) is 22.2. The van der Waals surface area contributed by atoms with E-state index in [9.17, 15) is 8.42 Å². The van der Waals surface area contributed by atoms with E-state index >= 15 is 0 Å². The van der Waals surface area contributed by atoms with Crippen LogP contribution < -0.4 is 4.74 Å². The van der Waals surface area contributed by atoms with Gasteiger partial charge in [0.25, 0.3) is 0 Å². The highest BCUT2D eigenvalue weighted by Crippen LogP contribution is 2.43. The number of sulfonamides is 1. The molecule has 0 N–H and O–H groups in total. The third-order valence-corrected chi connectivity index (χ3v) is 7.03. The highest BCUT2D eigenvalue weighted by atomic mass is 32.2. The monoisotopic (exact) mass is 374 g/mol. The van der Waals surface area contributed by atoms with Gasteiger partial charge in [0.1, 0.15) is 0 Å². The minimum absolute atomic E-state index is 0.299. The molecule has 0 aliphatic carbocycles. The molecular formula is C19H22N2O4S. The second-order valence-corrected chi connectivity index (χ2v) is 8.73. The Balaban J connectivity index is 1.36. The molecule has 1 atom stereocenters. The zero-order chi connectivity index (χ0) is 18.0. The first-order chi connectivity index (χ1) is 12.6. The molecule has 7 heteroatoms. The Morgan fingerprint density at radius 3 is 2.65 bits per heavy atom. The summed E-state index contributed by atoms with van der Waals surface area (Å²) in [5.74, 6) is 0.913. The smallest absolute Gasteiger partial charge is 0.243 e. The molecule has 6 nitrogen and oxygen atoms in total. The molecule has 1 unspecified atom stereocenters. The summed E-state index contributed by atoms with van der Waals surface area (Å²) in [6.07, 6.45) is 3.47. The van der Waals surface area contributed by atoms with E-state index in [0.717, 1.165) is 12.8 Å². The van der Waals surface area contributed by atoms with Crippen LogP contribution in [0.5, 0.6) is 5.88 Å². The molecule has 1 spiro atoms. The maximum absolute atomic E-state index is 12.7. The zero-order valence-corrected chi connectivity index (χ0v) is 15.3. The fourth-order valence-corrected chi connectivity index (χ4v) is 5.32. The van der Waals surface area contributed by atoms with Crippen LogP contribution in [0.3, 0.4) is 0 Å². The molecule has 26 heavy (non-hydrogen) atoms. The van der Waals surface area contributed by atoms with Crippen LogP contribution in [-0.4, -0.2) is 49.6 Å². The van der Waals surface area contributed by atoms with E-state index in [1.807, 2.05) is 24.3 Å². The fraction of sp³-hybridized carbons (Fsp3) is 0.421. The molecule has 2 aromatic rings. The Morgan fingerprint density at radius 2 is 1.92 bits per heavy atom. The van der Waals surface area contributed by atoms with Crippen LogP contribution >= 0.6 is 0 Å². The van der Waals surface area contributed by atoms with E-state index in [1.54, 1.807) is 30.5 Å². The van der Waals surface area contributed by atoms with Crippen molar-refractivity contribution in [2.45, 2.75) is 23.3 Å². The molecule has 2 fully saturated rings. The number of pyridine rings is 1. The first-order valence-electron chi connectivity index (χ1n) is 8.83. The lowest BCUT2D eigenvalue weighted by molar-refractivity contribution is -0.104. The molecule has 1 aromatic heterocycles. The van der Waals surface area contributed by atoms with Gasteiger partial charge in [-0.25, -0.2) is 13.4 Å². The van der Waals surface area contributed by atoms with E-state index < -0.39 is 10.0 Å². The van der Waals surface area contributed by atoms with Crippen LogP contribution in [0.4, 0.5) is 0 Å². The molecule has 3 heterocycles. The van der Waals surface area contributed by atoms with Crippen LogP contribution in [0.25, 0.3) is 0 Å². The Labute approximate surface area is 153 Å². The molecule has 2 aliphatic rings. The number of benzene rings is 1. The van der Waals surface area contributed by atoms with E-state index in [4.69, 9.17) is 9.47 Å².